The molecular weight excluding hydrogens is 348 g/mol. The van der Waals surface area contributed by atoms with Crippen molar-refractivity contribution in [3.63, 3.8) is 0 Å². The fourth-order valence-corrected chi connectivity index (χ4v) is 3.72. The zero-order chi connectivity index (χ0) is 19.7. The van der Waals surface area contributed by atoms with Crippen LogP contribution in [-0.4, -0.2) is 38.6 Å². The molecule has 0 saturated carbocycles. The van der Waals surface area contributed by atoms with E-state index in [2.05, 4.69) is 18.9 Å². The highest BCUT2D eigenvalue weighted by molar-refractivity contribution is 5.92. The molecule has 1 aliphatic rings. The van der Waals surface area contributed by atoms with Gasteiger partial charge in [-0.25, -0.2) is 4.68 Å². The number of likely N-dealkylation sites (tertiary alicyclic amines) is 1. The van der Waals surface area contributed by atoms with E-state index < -0.39 is 16.3 Å². The van der Waals surface area contributed by atoms with Crippen LogP contribution in [0.1, 0.15) is 36.5 Å². The number of para-hydroxylation sites is 2. The SMILES string of the molecule is Cc1cc(=O)c(C(=O)N2C[C@H](C)C[C@H](C)C2)nn1-c1ccccc1[N+](=O)[O-]. The second-order valence-electron chi connectivity index (χ2n) is 7.31. The molecule has 0 bridgehead atoms. The van der Waals surface area contributed by atoms with E-state index in [1.165, 1.54) is 16.8 Å². The van der Waals surface area contributed by atoms with E-state index in [1.807, 2.05) is 0 Å². The number of hydrogen-bond acceptors (Lipinski definition) is 5. The minimum atomic E-state index is -0.510. The van der Waals surface area contributed by atoms with Gasteiger partial charge in [-0.05, 0) is 31.2 Å². The second kappa shape index (κ2) is 7.30. The molecule has 0 spiro atoms. The molecule has 0 aliphatic carbocycles. The zero-order valence-electron chi connectivity index (χ0n) is 15.6. The lowest BCUT2D eigenvalue weighted by Crippen LogP contribution is -2.44. The number of carbonyl (C=O) groups excluding carboxylic acids is 1. The maximum atomic E-state index is 12.9. The lowest BCUT2D eigenvalue weighted by Gasteiger charge is -2.34. The van der Waals surface area contributed by atoms with Crippen molar-refractivity contribution in [1.29, 1.82) is 0 Å². The smallest absolute Gasteiger partial charge is 0.294 e. The molecule has 1 fully saturated rings. The molecule has 27 heavy (non-hydrogen) atoms. The van der Waals surface area contributed by atoms with Crippen molar-refractivity contribution < 1.29 is 9.72 Å². The number of amides is 1. The summed E-state index contributed by atoms with van der Waals surface area (Å²) in [6.45, 7) is 6.92. The molecule has 2 aromatic rings. The average molecular weight is 370 g/mol. The van der Waals surface area contributed by atoms with Gasteiger partial charge in [0.1, 0.15) is 5.69 Å². The lowest BCUT2D eigenvalue weighted by molar-refractivity contribution is -0.384. The van der Waals surface area contributed by atoms with Gasteiger partial charge in [-0.2, -0.15) is 5.10 Å². The van der Waals surface area contributed by atoms with E-state index in [4.69, 9.17) is 0 Å². The van der Waals surface area contributed by atoms with Gasteiger partial charge in [0, 0.05) is 30.9 Å². The molecule has 1 aliphatic heterocycles. The number of rotatable bonds is 3. The number of hydrogen-bond donors (Lipinski definition) is 0. The normalized spacial score (nSPS) is 19.7. The highest BCUT2D eigenvalue weighted by Crippen LogP contribution is 2.24. The summed E-state index contributed by atoms with van der Waals surface area (Å²) < 4.78 is 1.30. The van der Waals surface area contributed by atoms with Crippen molar-refractivity contribution in [2.24, 2.45) is 11.8 Å². The molecule has 3 rings (SSSR count). The summed E-state index contributed by atoms with van der Waals surface area (Å²) in [5.74, 6) is 0.270. The van der Waals surface area contributed by atoms with E-state index in [1.54, 1.807) is 30.0 Å². The van der Waals surface area contributed by atoms with Gasteiger partial charge < -0.3 is 4.90 Å². The predicted octanol–water partition coefficient (Wildman–Crippen LogP) is 2.57. The van der Waals surface area contributed by atoms with Crippen molar-refractivity contribution in [3.05, 3.63) is 62.1 Å². The van der Waals surface area contributed by atoms with E-state index in [0.717, 1.165) is 6.42 Å². The van der Waals surface area contributed by atoms with Gasteiger partial charge in [-0.3, -0.25) is 19.7 Å². The summed E-state index contributed by atoms with van der Waals surface area (Å²) in [5, 5.41) is 15.6. The van der Waals surface area contributed by atoms with Crippen molar-refractivity contribution in [2.45, 2.75) is 27.2 Å². The molecule has 0 radical (unpaired) electrons. The first kappa shape index (κ1) is 18.8. The quantitative estimate of drug-likeness (QED) is 0.611. The Kier molecular flexibility index (Phi) is 5.07. The number of carbonyl (C=O) groups is 1. The minimum Gasteiger partial charge on any atom is -0.337 e. The molecular formula is C19H22N4O4. The third kappa shape index (κ3) is 3.74. The third-order valence-corrected chi connectivity index (χ3v) is 4.77. The van der Waals surface area contributed by atoms with Crippen LogP contribution in [-0.2, 0) is 0 Å². The first-order valence-electron chi connectivity index (χ1n) is 8.92. The number of aromatic nitrogens is 2. The highest BCUT2D eigenvalue weighted by atomic mass is 16.6. The van der Waals surface area contributed by atoms with Crippen LogP contribution in [0.25, 0.3) is 5.69 Å². The summed E-state index contributed by atoms with van der Waals surface area (Å²) in [6.07, 6.45) is 1.03. The van der Waals surface area contributed by atoms with E-state index in [9.17, 15) is 19.7 Å². The van der Waals surface area contributed by atoms with Crippen LogP contribution in [0.3, 0.4) is 0 Å². The molecule has 1 aromatic heterocycles. The number of nitro benzene ring substituents is 1. The molecule has 142 valence electrons. The van der Waals surface area contributed by atoms with Crippen LogP contribution in [0, 0.1) is 28.9 Å². The molecule has 0 N–H and O–H groups in total. The van der Waals surface area contributed by atoms with Crippen LogP contribution < -0.4 is 5.43 Å². The van der Waals surface area contributed by atoms with Crippen molar-refractivity contribution in [3.8, 4) is 5.69 Å². The number of aryl methyl sites for hydroxylation is 1. The van der Waals surface area contributed by atoms with Crippen LogP contribution in [0.2, 0.25) is 0 Å². The van der Waals surface area contributed by atoms with Gasteiger partial charge >= 0.3 is 0 Å². The van der Waals surface area contributed by atoms with E-state index in [0.29, 0.717) is 30.6 Å². The van der Waals surface area contributed by atoms with Crippen molar-refractivity contribution in [2.75, 3.05) is 13.1 Å². The van der Waals surface area contributed by atoms with Gasteiger partial charge in [0.05, 0.1) is 4.92 Å². The number of nitro groups is 1. The Morgan fingerprint density at radius 1 is 1.22 bits per heavy atom. The maximum absolute atomic E-state index is 12.9. The fraction of sp³-hybridized carbons (Fsp3) is 0.421. The fourth-order valence-electron chi connectivity index (χ4n) is 3.72. The first-order valence-corrected chi connectivity index (χ1v) is 8.92. The zero-order valence-corrected chi connectivity index (χ0v) is 15.6. The summed E-state index contributed by atoms with van der Waals surface area (Å²) in [5.41, 5.74) is -0.186. The number of benzene rings is 1. The molecule has 1 amide bonds. The Morgan fingerprint density at radius 3 is 2.48 bits per heavy atom. The van der Waals surface area contributed by atoms with Crippen molar-refractivity contribution >= 4 is 11.6 Å². The Balaban J connectivity index is 2.07. The Morgan fingerprint density at radius 2 is 1.85 bits per heavy atom. The highest BCUT2D eigenvalue weighted by Gasteiger charge is 2.29. The molecule has 8 nitrogen and oxygen atoms in total. The van der Waals surface area contributed by atoms with Crippen LogP contribution in [0.4, 0.5) is 5.69 Å². The Bertz CT molecular complexity index is 943. The lowest BCUT2D eigenvalue weighted by atomic mass is 9.92. The van der Waals surface area contributed by atoms with Gasteiger partial charge in [-0.15, -0.1) is 0 Å². The standard InChI is InChI=1S/C19H22N4O4/c1-12-8-13(2)11-21(10-12)19(25)18-17(24)9-14(3)22(20-18)15-6-4-5-7-16(15)23(26)27/h4-7,9,12-13H,8,10-11H2,1-3H3/t12-,13+. The summed E-state index contributed by atoms with van der Waals surface area (Å²) >= 11 is 0. The number of nitrogens with zero attached hydrogens (tertiary/aromatic N) is 4. The number of piperidine rings is 1. The second-order valence-corrected chi connectivity index (χ2v) is 7.31. The Hall–Kier alpha value is -3.03. The molecule has 2 heterocycles. The van der Waals surface area contributed by atoms with Crippen LogP contribution in [0.15, 0.2) is 35.1 Å². The van der Waals surface area contributed by atoms with Gasteiger partial charge in [0.15, 0.2) is 5.69 Å². The van der Waals surface area contributed by atoms with Gasteiger partial charge in [0.2, 0.25) is 5.43 Å². The molecule has 8 heteroatoms. The summed E-state index contributed by atoms with van der Waals surface area (Å²) in [7, 11) is 0. The topological polar surface area (TPSA) is 98.3 Å². The predicted molar refractivity (Wildman–Crippen MR) is 100 cm³/mol. The summed E-state index contributed by atoms with van der Waals surface area (Å²) in [4.78, 5) is 37.9. The van der Waals surface area contributed by atoms with Crippen molar-refractivity contribution in [1.82, 2.24) is 14.7 Å². The molecule has 1 saturated heterocycles. The largest absolute Gasteiger partial charge is 0.337 e. The van der Waals surface area contributed by atoms with E-state index >= 15 is 0 Å². The third-order valence-electron chi connectivity index (χ3n) is 4.77. The summed E-state index contributed by atoms with van der Waals surface area (Å²) in [6, 6.07) is 7.42. The van der Waals surface area contributed by atoms with Gasteiger partial charge in [0.25, 0.3) is 11.6 Å². The van der Waals surface area contributed by atoms with Crippen LogP contribution >= 0.6 is 0 Å². The molecule has 1 aromatic carbocycles. The molecule has 2 atom stereocenters. The van der Waals surface area contributed by atoms with Gasteiger partial charge in [-0.1, -0.05) is 26.0 Å². The maximum Gasteiger partial charge on any atom is 0.294 e. The molecule has 0 unspecified atom stereocenters. The Labute approximate surface area is 156 Å². The van der Waals surface area contributed by atoms with E-state index in [-0.39, 0.29) is 17.1 Å². The average Bonchev–Trinajstić information content (AvgIpc) is 2.60. The monoisotopic (exact) mass is 370 g/mol. The first-order chi connectivity index (χ1) is 12.8. The van der Waals surface area contributed by atoms with Crippen LogP contribution in [0.5, 0.6) is 0 Å². The minimum absolute atomic E-state index is 0.143.